The van der Waals surface area contributed by atoms with Crippen molar-refractivity contribution in [1.82, 2.24) is 9.97 Å². The monoisotopic (exact) mass is 511 g/mol. The molecule has 0 spiro atoms. The van der Waals surface area contributed by atoms with E-state index in [1.54, 1.807) is 17.7 Å². The predicted octanol–water partition coefficient (Wildman–Crippen LogP) is 7.25. The van der Waals surface area contributed by atoms with E-state index in [1.165, 1.54) is 11.8 Å². The molecule has 2 aromatic heterocycles. The quantitative estimate of drug-likeness (QED) is 0.218. The van der Waals surface area contributed by atoms with Crippen molar-refractivity contribution in [2.45, 2.75) is 37.5 Å². The summed E-state index contributed by atoms with van der Waals surface area (Å²) in [6, 6.07) is 14.3. The Bertz CT molecular complexity index is 1220. The molecule has 7 heteroatoms. The Morgan fingerprint density at radius 3 is 2.52 bits per heavy atom. The van der Waals surface area contributed by atoms with Gasteiger partial charge in [-0.05, 0) is 49.1 Å². The number of carbonyl (C=O) groups is 1. The van der Waals surface area contributed by atoms with E-state index in [0.717, 1.165) is 47.7 Å². The maximum absolute atomic E-state index is 13.1. The second-order valence-electron chi connectivity index (χ2n) is 7.29. The molecule has 2 heterocycles. The summed E-state index contributed by atoms with van der Waals surface area (Å²) >= 11 is 6.61. The summed E-state index contributed by atoms with van der Waals surface area (Å²) in [5, 5.41) is 6.85. The van der Waals surface area contributed by atoms with E-state index >= 15 is 0 Å². The average Bonchev–Trinajstić information content (AvgIpc) is 3.20. The lowest BCUT2D eigenvalue weighted by molar-refractivity contribution is -0.115. The first-order valence-corrected chi connectivity index (χ1v) is 12.5. The van der Waals surface area contributed by atoms with Crippen molar-refractivity contribution in [2.24, 2.45) is 0 Å². The molecule has 158 valence electrons. The molecule has 0 saturated heterocycles. The van der Waals surface area contributed by atoms with Gasteiger partial charge in [-0.1, -0.05) is 64.9 Å². The zero-order valence-electron chi connectivity index (χ0n) is 17.5. The Morgan fingerprint density at radius 1 is 1.13 bits per heavy atom. The number of nitrogens with one attached hydrogen (secondary N) is 1. The van der Waals surface area contributed by atoms with Crippen LogP contribution in [-0.2, 0) is 4.79 Å². The van der Waals surface area contributed by atoms with E-state index in [2.05, 4.69) is 48.7 Å². The highest BCUT2D eigenvalue weighted by atomic mass is 79.9. The van der Waals surface area contributed by atoms with E-state index in [4.69, 9.17) is 0 Å². The zero-order valence-corrected chi connectivity index (χ0v) is 20.7. The number of amides is 1. The maximum atomic E-state index is 13.1. The average molecular weight is 512 g/mol. The third-order valence-electron chi connectivity index (χ3n) is 5.14. The van der Waals surface area contributed by atoms with Crippen LogP contribution in [0, 0.1) is 13.8 Å². The molecule has 0 aliphatic carbocycles. The summed E-state index contributed by atoms with van der Waals surface area (Å²) in [7, 11) is 0. The zero-order chi connectivity index (χ0) is 22.0. The molecule has 0 fully saturated rings. The molecular weight excluding hydrogens is 490 g/mol. The van der Waals surface area contributed by atoms with Crippen molar-refractivity contribution < 1.29 is 4.79 Å². The van der Waals surface area contributed by atoms with Gasteiger partial charge >= 0.3 is 0 Å². The lowest BCUT2D eigenvalue weighted by Gasteiger charge is -2.17. The highest BCUT2D eigenvalue weighted by Gasteiger charge is 2.23. The Labute approximate surface area is 198 Å². The van der Waals surface area contributed by atoms with Crippen molar-refractivity contribution in [3.05, 3.63) is 69.8 Å². The second-order valence-corrected chi connectivity index (χ2v) is 10.3. The number of hydrogen-bond donors (Lipinski definition) is 1. The fraction of sp³-hybridized carbons (Fsp3) is 0.208. The number of aromatic nitrogens is 2. The van der Waals surface area contributed by atoms with Gasteiger partial charge in [0.05, 0.1) is 10.6 Å². The van der Waals surface area contributed by atoms with Crippen molar-refractivity contribution >= 4 is 60.8 Å². The van der Waals surface area contributed by atoms with Crippen LogP contribution in [0.25, 0.3) is 21.3 Å². The van der Waals surface area contributed by atoms with Gasteiger partial charge in [0, 0.05) is 21.1 Å². The van der Waals surface area contributed by atoms with E-state index in [-0.39, 0.29) is 11.2 Å². The van der Waals surface area contributed by atoms with Crippen LogP contribution in [0.2, 0.25) is 0 Å². The van der Waals surface area contributed by atoms with Gasteiger partial charge in [-0.15, -0.1) is 11.3 Å². The Balaban J connectivity index is 1.66. The number of aryl methyl sites for hydroxylation is 2. The van der Waals surface area contributed by atoms with Gasteiger partial charge in [0.15, 0.2) is 0 Å². The third-order valence-corrected chi connectivity index (χ3v) is 7.92. The van der Waals surface area contributed by atoms with Crippen LogP contribution in [0.1, 0.15) is 24.5 Å². The number of nitrogens with zero attached hydrogens (tertiary/aromatic N) is 2. The van der Waals surface area contributed by atoms with Crippen LogP contribution in [0.15, 0.2) is 63.7 Å². The van der Waals surface area contributed by atoms with Crippen LogP contribution in [0.3, 0.4) is 0 Å². The minimum Gasteiger partial charge on any atom is -0.325 e. The Kier molecular flexibility index (Phi) is 6.74. The van der Waals surface area contributed by atoms with Crippen molar-refractivity contribution in [1.29, 1.82) is 0 Å². The van der Waals surface area contributed by atoms with Gasteiger partial charge in [-0.25, -0.2) is 9.97 Å². The van der Waals surface area contributed by atoms with Crippen molar-refractivity contribution in [2.75, 3.05) is 5.32 Å². The second kappa shape index (κ2) is 9.51. The number of fused-ring (bicyclic) bond motifs is 1. The molecule has 4 nitrogen and oxygen atoms in total. The molecule has 1 unspecified atom stereocenters. The van der Waals surface area contributed by atoms with Crippen LogP contribution in [-0.4, -0.2) is 21.1 Å². The number of rotatable bonds is 6. The van der Waals surface area contributed by atoms with E-state index in [9.17, 15) is 4.79 Å². The van der Waals surface area contributed by atoms with Crippen LogP contribution < -0.4 is 5.32 Å². The highest BCUT2D eigenvalue weighted by molar-refractivity contribution is 9.10. The van der Waals surface area contributed by atoms with Crippen LogP contribution in [0.5, 0.6) is 0 Å². The van der Waals surface area contributed by atoms with Gasteiger partial charge in [-0.3, -0.25) is 4.79 Å². The summed E-state index contributed by atoms with van der Waals surface area (Å²) in [5.74, 6) is -0.00270. The number of thiophene rings is 1. The summed E-state index contributed by atoms with van der Waals surface area (Å²) in [5.41, 5.74) is 5.23. The van der Waals surface area contributed by atoms with E-state index in [0.29, 0.717) is 6.42 Å². The Morgan fingerprint density at radius 2 is 1.84 bits per heavy atom. The molecule has 31 heavy (non-hydrogen) atoms. The molecule has 2 aromatic carbocycles. The summed E-state index contributed by atoms with van der Waals surface area (Å²) < 4.78 is 1.04. The molecule has 0 aliphatic rings. The predicted molar refractivity (Wildman–Crippen MR) is 135 cm³/mol. The number of benzene rings is 2. The number of carbonyl (C=O) groups excluding carboxylic acids is 1. The molecule has 0 saturated carbocycles. The lowest BCUT2D eigenvalue weighted by Crippen LogP contribution is -2.25. The van der Waals surface area contributed by atoms with Gasteiger partial charge in [0.25, 0.3) is 0 Å². The molecule has 1 amide bonds. The van der Waals surface area contributed by atoms with E-state index < -0.39 is 0 Å². The SMILES string of the molecule is CCC(Sc1ncnc2scc(-c3ccc(Br)cc3)c12)C(=O)Nc1c(C)cccc1C. The molecule has 0 radical (unpaired) electrons. The number of para-hydroxylation sites is 1. The van der Waals surface area contributed by atoms with Gasteiger partial charge in [-0.2, -0.15) is 0 Å². The maximum Gasteiger partial charge on any atom is 0.237 e. The molecule has 0 aliphatic heterocycles. The highest BCUT2D eigenvalue weighted by Crippen LogP contribution is 2.40. The molecular formula is C24H22BrN3OS2. The first kappa shape index (κ1) is 22.0. The molecule has 1 N–H and O–H groups in total. The molecule has 4 rings (SSSR count). The summed E-state index contributed by atoms with van der Waals surface area (Å²) in [4.78, 5) is 23.1. The number of anilines is 1. The fourth-order valence-corrected chi connectivity index (χ4v) is 5.73. The first-order valence-electron chi connectivity index (χ1n) is 9.99. The standard InChI is InChI=1S/C24H22BrN3OS2/c1-4-19(22(29)28-21-14(2)6-5-7-15(21)3)31-24-20-18(12-30-23(20)26-13-27-24)16-8-10-17(25)11-9-16/h5-13,19H,4H2,1-3H3,(H,28,29). The molecule has 1 atom stereocenters. The number of hydrogen-bond acceptors (Lipinski definition) is 5. The normalized spacial score (nSPS) is 12.1. The van der Waals surface area contributed by atoms with Gasteiger partial charge < -0.3 is 5.32 Å². The fourth-order valence-electron chi connectivity index (χ4n) is 3.45. The van der Waals surface area contributed by atoms with Gasteiger partial charge in [0.2, 0.25) is 5.91 Å². The van der Waals surface area contributed by atoms with Crippen LogP contribution >= 0.6 is 39.0 Å². The Hall–Kier alpha value is -2.22. The number of halogens is 1. The minimum atomic E-state index is -0.255. The topological polar surface area (TPSA) is 54.9 Å². The van der Waals surface area contributed by atoms with Crippen LogP contribution in [0.4, 0.5) is 5.69 Å². The smallest absolute Gasteiger partial charge is 0.237 e. The third kappa shape index (κ3) is 4.68. The minimum absolute atomic E-state index is 0.00270. The summed E-state index contributed by atoms with van der Waals surface area (Å²) in [6.07, 6.45) is 2.29. The summed E-state index contributed by atoms with van der Waals surface area (Å²) in [6.45, 7) is 6.06. The van der Waals surface area contributed by atoms with E-state index in [1.807, 2.05) is 51.1 Å². The number of thioether (sulfide) groups is 1. The largest absolute Gasteiger partial charge is 0.325 e. The molecule has 0 bridgehead atoms. The molecule has 4 aromatic rings. The van der Waals surface area contributed by atoms with Crippen molar-refractivity contribution in [3.63, 3.8) is 0 Å². The van der Waals surface area contributed by atoms with Crippen molar-refractivity contribution in [3.8, 4) is 11.1 Å². The first-order chi connectivity index (χ1) is 15.0. The lowest BCUT2D eigenvalue weighted by atomic mass is 10.1. The van der Waals surface area contributed by atoms with Gasteiger partial charge in [0.1, 0.15) is 16.2 Å².